The summed E-state index contributed by atoms with van der Waals surface area (Å²) < 4.78 is 15.9. The number of methoxy groups -OCH3 is 2. The second kappa shape index (κ2) is 9.37. The van der Waals surface area contributed by atoms with Crippen LogP contribution in [0.1, 0.15) is 26.3 Å². The number of carbonyl (C=O) groups is 2. The lowest BCUT2D eigenvalue weighted by Crippen LogP contribution is -2.09. The molecule has 0 fully saturated rings. The summed E-state index contributed by atoms with van der Waals surface area (Å²) in [6, 6.07) is 20.8. The Kier molecular flexibility index (Phi) is 6.43. The highest BCUT2D eigenvalue weighted by atomic mass is 16.6. The van der Waals surface area contributed by atoms with Crippen LogP contribution in [-0.2, 0) is 0 Å². The maximum Gasteiger partial charge on any atom is 0.343 e. The molecule has 0 unspecified atom stereocenters. The van der Waals surface area contributed by atoms with Crippen LogP contribution in [0.3, 0.4) is 0 Å². The Labute approximate surface area is 169 Å². The van der Waals surface area contributed by atoms with Crippen molar-refractivity contribution in [1.29, 1.82) is 0 Å². The number of ketones is 1. The van der Waals surface area contributed by atoms with E-state index >= 15 is 0 Å². The molecule has 0 aliphatic carbocycles. The van der Waals surface area contributed by atoms with E-state index in [1.807, 2.05) is 18.2 Å². The molecule has 3 rings (SSSR count). The van der Waals surface area contributed by atoms with Gasteiger partial charge in [0.1, 0.15) is 5.75 Å². The van der Waals surface area contributed by atoms with E-state index in [-0.39, 0.29) is 11.5 Å². The van der Waals surface area contributed by atoms with Crippen molar-refractivity contribution >= 4 is 17.8 Å². The molecule has 0 saturated heterocycles. The minimum atomic E-state index is -0.523. The fraction of sp³-hybridized carbons (Fsp3) is 0.0833. The molecule has 0 heterocycles. The molecule has 5 heteroatoms. The van der Waals surface area contributed by atoms with Crippen LogP contribution in [0.5, 0.6) is 17.2 Å². The van der Waals surface area contributed by atoms with Crippen molar-refractivity contribution in [3.8, 4) is 17.2 Å². The highest BCUT2D eigenvalue weighted by Gasteiger charge is 2.13. The van der Waals surface area contributed by atoms with Crippen molar-refractivity contribution in [2.45, 2.75) is 0 Å². The summed E-state index contributed by atoms with van der Waals surface area (Å²) >= 11 is 0. The van der Waals surface area contributed by atoms with Gasteiger partial charge in [0.2, 0.25) is 0 Å². The number of hydrogen-bond acceptors (Lipinski definition) is 5. The number of ether oxygens (including phenoxy) is 3. The van der Waals surface area contributed by atoms with Crippen LogP contribution in [0.15, 0.2) is 78.9 Å². The molecule has 0 aromatic heterocycles. The summed E-state index contributed by atoms with van der Waals surface area (Å²) in [5, 5.41) is 0. The Morgan fingerprint density at radius 2 is 1.52 bits per heavy atom. The summed E-state index contributed by atoms with van der Waals surface area (Å²) in [6.07, 6.45) is 3.18. The molecule has 0 saturated carbocycles. The number of allylic oxidation sites excluding steroid dienone is 1. The molecule has 0 radical (unpaired) electrons. The summed E-state index contributed by atoms with van der Waals surface area (Å²) in [7, 11) is 3.02. The van der Waals surface area contributed by atoms with E-state index in [0.29, 0.717) is 22.6 Å². The minimum absolute atomic E-state index is 0.0990. The minimum Gasteiger partial charge on any atom is -0.497 e. The van der Waals surface area contributed by atoms with Crippen molar-refractivity contribution in [1.82, 2.24) is 0 Å². The predicted molar refractivity (Wildman–Crippen MR) is 111 cm³/mol. The van der Waals surface area contributed by atoms with Gasteiger partial charge in [-0.05, 0) is 42.0 Å². The van der Waals surface area contributed by atoms with Gasteiger partial charge in [-0.3, -0.25) is 4.79 Å². The largest absolute Gasteiger partial charge is 0.497 e. The molecule has 3 aromatic rings. The van der Waals surface area contributed by atoms with Gasteiger partial charge in [-0.15, -0.1) is 0 Å². The van der Waals surface area contributed by atoms with E-state index in [1.165, 1.54) is 20.3 Å². The van der Waals surface area contributed by atoms with Gasteiger partial charge in [-0.25, -0.2) is 4.79 Å². The molecule has 0 bridgehead atoms. The molecule has 146 valence electrons. The first-order valence-corrected chi connectivity index (χ1v) is 8.92. The SMILES string of the molecule is COc1cccc(C(=O)Oc2ccc(/C=C/C(=O)c3ccccc3)cc2OC)c1. The van der Waals surface area contributed by atoms with Gasteiger partial charge < -0.3 is 14.2 Å². The molecular weight excluding hydrogens is 368 g/mol. The summed E-state index contributed by atoms with van der Waals surface area (Å²) in [6.45, 7) is 0. The lowest BCUT2D eigenvalue weighted by molar-refractivity contribution is 0.0729. The van der Waals surface area contributed by atoms with Crippen LogP contribution in [0.25, 0.3) is 6.08 Å². The Bertz CT molecular complexity index is 1040. The molecule has 29 heavy (non-hydrogen) atoms. The summed E-state index contributed by atoms with van der Waals surface area (Å²) in [5.74, 6) is 0.611. The average molecular weight is 388 g/mol. The zero-order valence-corrected chi connectivity index (χ0v) is 16.1. The zero-order chi connectivity index (χ0) is 20.6. The standard InChI is InChI=1S/C24H20O5/c1-27-20-10-6-9-19(16-20)24(26)29-22-14-12-17(15-23(22)28-2)11-13-21(25)18-7-4-3-5-8-18/h3-16H,1-2H3/b13-11+. The molecule has 0 N–H and O–H groups in total. The monoisotopic (exact) mass is 388 g/mol. The Balaban J connectivity index is 1.75. The van der Waals surface area contributed by atoms with Crippen LogP contribution in [0, 0.1) is 0 Å². The summed E-state index contributed by atoms with van der Waals surface area (Å²) in [4.78, 5) is 24.6. The lowest BCUT2D eigenvalue weighted by Gasteiger charge is -2.10. The van der Waals surface area contributed by atoms with E-state index in [1.54, 1.807) is 60.7 Å². The second-order valence-corrected chi connectivity index (χ2v) is 6.10. The first-order valence-electron chi connectivity index (χ1n) is 8.92. The average Bonchev–Trinajstić information content (AvgIpc) is 2.78. The quantitative estimate of drug-likeness (QED) is 0.251. The third-order valence-electron chi connectivity index (χ3n) is 4.18. The zero-order valence-electron chi connectivity index (χ0n) is 16.1. The highest BCUT2D eigenvalue weighted by Crippen LogP contribution is 2.29. The molecule has 0 aliphatic heterocycles. The topological polar surface area (TPSA) is 61.8 Å². The molecule has 0 aliphatic rings. The molecule has 5 nitrogen and oxygen atoms in total. The maximum atomic E-state index is 12.4. The van der Waals surface area contributed by atoms with Crippen LogP contribution < -0.4 is 14.2 Å². The second-order valence-electron chi connectivity index (χ2n) is 6.10. The van der Waals surface area contributed by atoms with Crippen LogP contribution in [0.4, 0.5) is 0 Å². The molecule has 0 atom stereocenters. The summed E-state index contributed by atoms with van der Waals surface area (Å²) in [5.41, 5.74) is 1.72. The van der Waals surface area contributed by atoms with Gasteiger partial charge in [0.25, 0.3) is 0 Å². The van der Waals surface area contributed by atoms with Crippen molar-refractivity contribution in [3.05, 3.63) is 95.6 Å². The van der Waals surface area contributed by atoms with E-state index in [4.69, 9.17) is 14.2 Å². The van der Waals surface area contributed by atoms with Crippen LogP contribution in [-0.4, -0.2) is 26.0 Å². The Morgan fingerprint density at radius 1 is 0.759 bits per heavy atom. The third kappa shape index (κ3) is 5.11. The molecular formula is C24H20O5. The number of carbonyl (C=O) groups excluding carboxylic acids is 2. The van der Waals surface area contributed by atoms with Gasteiger partial charge in [0, 0.05) is 5.56 Å². The Hall–Kier alpha value is -3.86. The van der Waals surface area contributed by atoms with Gasteiger partial charge in [-0.1, -0.05) is 48.5 Å². The van der Waals surface area contributed by atoms with Crippen LogP contribution in [0.2, 0.25) is 0 Å². The van der Waals surface area contributed by atoms with Crippen molar-refractivity contribution < 1.29 is 23.8 Å². The van der Waals surface area contributed by atoms with Crippen molar-refractivity contribution in [3.63, 3.8) is 0 Å². The molecule has 3 aromatic carbocycles. The number of esters is 1. The van der Waals surface area contributed by atoms with Crippen molar-refractivity contribution in [2.24, 2.45) is 0 Å². The highest BCUT2D eigenvalue weighted by molar-refractivity contribution is 6.06. The van der Waals surface area contributed by atoms with E-state index in [0.717, 1.165) is 5.56 Å². The van der Waals surface area contributed by atoms with E-state index in [9.17, 15) is 9.59 Å². The Morgan fingerprint density at radius 3 is 2.24 bits per heavy atom. The maximum absolute atomic E-state index is 12.4. The van der Waals surface area contributed by atoms with Gasteiger partial charge in [0.05, 0.1) is 19.8 Å². The van der Waals surface area contributed by atoms with Crippen LogP contribution >= 0.6 is 0 Å². The first kappa shape index (κ1) is 19.9. The normalized spacial score (nSPS) is 10.6. The number of hydrogen-bond donors (Lipinski definition) is 0. The fourth-order valence-corrected chi connectivity index (χ4v) is 2.65. The smallest absolute Gasteiger partial charge is 0.343 e. The first-order chi connectivity index (χ1) is 14.1. The molecule has 0 spiro atoms. The number of benzene rings is 3. The van der Waals surface area contributed by atoms with Gasteiger partial charge in [-0.2, -0.15) is 0 Å². The van der Waals surface area contributed by atoms with E-state index < -0.39 is 5.97 Å². The predicted octanol–water partition coefficient (Wildman–Crippen LogP) is 4.82. The third-order valence-corrected chi connectivity index (χ3v) is 4.18. The molecule has 0 amide bonds. The lowest BCUT2D eigenvalue weighted by atomic mass is 10.1. The van der Waals surface area contributed by atoms with Gasteiger partial charge in [0.15, 0.2) is 17.3 Å². The van der Waals surface area contributed by atoms with E-state index in [2.05, 4.69) is 0 Å². The fourth-order valence-electron chi connectivity index (χ4n) is 2.65. The van der Waals surface area contributed by atoms with Gasteiger partial charge >= 0.3 is 5.97 Å². The van der Waals surface area contributed by atoms with Crippen molar-refractivity contribution in [2.75, 3.05) is 14.2 Å². The number of rotatable bonds is 7.